The van der Waals surface area contributed by atoms with Gasteiger partial charge >= 0.3 is 0 Å². The zero-order chi connectivity index (χ0) is 14.7. The number of hydrogen-bond donors (Lipinski definition) is 2. The van der Waals surface area contributed by atoms with Crippen LogP contribution in [0.3, 0.4) is 0 Å². The summed E-state index contributed by atoms with van der Waals surface area (Å²) in [6.07, 6.45) is 0.913. The number of aromatic nitrogens is 3. The fourth-order valence-electron chi connectivity index (χ4n) is 2.26. The fraction of sp³-hybridized carbons (Fsp3) is 0.125. The van der Waals surface area contributed by atoms with Gasteiger partial charge < -0.3 is 5.73 Å². The largest absolute Gasteiger partial charge is 0.399 e. The van der Waals surface area contributed by atoms with Gasteiger partial charge in [-0.15, -0.1) is 0 Å². The molecule has 0 aliphatic heterocycles. The van der Waals surface area contributed by atoms with Gasteiger partial charge in [0.15, 0.2) is 10.6 Å². The van der Waals surface area contributed by atoms with Crippen molar-refractivity contribution in [2.75, 3.05) is 5.73 Å². The maximum atomic E-state index is 5.73. The molecule has 0 radical (unpaired) electrons. The molecule has 2 aromatic carbocycles. The third-order valence-electron chi connectivity index (χ3n) is 3.39. The molecule has 21 heavy (non-hydrogen) atoms. The maximum absolute atomic E-state index is 5.73. The predicted octanol–water partition coefficient (Wildman–Crippen LogP) is 3.43. The highest BCUT2D eigenvalue weighted by molar-refractivity contribution is 7.71. The number of nitrogen functional groups attached to an aromatic ring is 1. The summed E-state index contributed by atoms with van der Waals surface area (Å²) in [6, 6.07) is 18.0. The molecule has 3 rings (SSSR count). The van der Waals surface area contributed by atoms with Crippen LogP contribution >= 0.6 is 12.2 Å². The second-order valence-corrected chi connectivity index (χ2v) is 5.25. The summed E-state index contributed by atoms with van der Waals surface area (Å²) < 4.78 is 2.66. The van der Waals surface area contributed by atoms with Gasteiger partial charge in [-0.1, -0.05) is 30.3 Å². The van der Waals surface area contributed by atoms with E-state index in [9.17, 15) is 0 Å². The Hall–Kier alpha value is -2.40. The van der Waals surface area contributed by atoms with Crippen LogP contribution in [-0.4, -0.2) is 14.8 Å². The van der Waals surface area contributed by atoms with Crippen molar-refractivity contribution in [3.63, 3.8) is 0 Å². The summed E-state index contributed by atoms with van der Waals surface area (Å²) in [5.74, 6) is 0.843. The first-order valence-electron chi connectivity index (χ1n) is 6.79. The minimum Gasteiger partial charge on any atom is -0.399 e. The van der Waals surface area contributed by atoms with E-state index in [4.69, 9.17) is 18.0 Å². The number of anilines is 1. The van der Waals surface area contributed by atoms with Gasteiger partial charge in [-0.2, -0.15) is 5.10 Å². The van der Waals surface area contributed by atoms with E-state index in [0.717, 1.165) is 30.0 Å². The number of nitrogens with one attached hydrogen (secondary N) is 1. The molecule has 0 amide bonds. The molecular weight excluding hydrogens is 280 g/mol. The third kappa shape index (κ3) is 3.03. The molecule has 4 nitrogen and oxygen atoms in total. The summed E-state index contributed by atoms with van der Waals surface area (Å²) >= 11 is 5.33. The minimum absolute atomic E-state index is 0.637. The van der Waals surface area contributed by atoms with E-state index in [2.05, 4.69) is 22.3 Å². The Morgan fingerprint density at radius 2 is 1.76 bits per heavy atom. The van der Waals surface area contributed by atoms with Gasteiger partial charge in [-0.3, -0.25) is 9.67 Å². The topological polar surface area (TPSA) is 59.6 Å². The Kier molecular flexibility index (Phi) is 3.83. The van der Waals surface area contributed by atoms with Crippen LogP contribution in [-0.2, 0) is 13.0 Å². The van der Waals surface area contributed by atoms with Crippen molar-refractivity contribution < 1.29 is 0 Å². The summed E-state index contributed by atoms with van der Waals surface area (Å²) in [7, 11) is 0. The lowest BCUT2D eigenvalue weighted by molar-refractivity contribution is 0.692. The Labute approximate surface area is 128 Å². The Morgan fingerprint density at radius 3 is 2.48 bits per heavy atom. The molecule has 3 aromatic rings. The molecule has 1 aromatic heterocycles. The van der Waals surface area contributed by atoms with E-state index < -0.39 is 0 Å². The molecule has 0 bridgehead atoms. The molecule has 0 saturated carbocycles. The summed E-state index contributed by atoms with van der Waals surface area (Å²) in [4.78, 5) is 0. The van der Waals surface area contributed by atoms with E-state index in [1.165, 1.54) is 5.56 Å². The lowest BCUT2D eigenvalue weighted by Crippen LogP contribution is -2.04. The first kappa shape index (κ1) is 13.6. The van der Waals surface area contributed by atoms with Crippen molar-refractivity contribution in [2.24, 2.45) is 0 Å². The standard InChI is InChI=1S/C16H16N4S/c17-14-8-6-13(7-9-14)15-18-19-16(21)20(15)11-10-12-4-2-1-3-5-12/h1-9H,10-11,17H2,(H,19,21). The van der Waals surface area contributed by atoms with Crippen LogP contribution in [0.15, 0.2) is 54.6 Å². The monoisotopic (exact) mass is 296 g/mol. The van der Waals surface area contributed by atoms with Crippen LogP contribution in [0.2, 0.25) is 0 Å². The van der Waals surface area contributed by atoms with Crippen LogP contribution in [0, 0.1) is 4.77 Å². The number of aromatic amines is 1. The molecule has 0 spiro atoms. The highest BCUT2D eigenvalue weighted by Crippen LogP contribution is 2.19. The number of rotatable bonds is 4. The zero-order valence-electron chi connectivity index (χ0n) is 11.5. The third-order valence-corrected chi connectivity index (χ3v) is 3.71. The van der Waals surface area contributed by atoms with E-state index >= 15 is 0 Å². The maximum Gasteiger partial charge on any atom is 0.195 e. The number of H-pyrrole nitrogens is 1. The van der Waals surface area contributed by atoms with Crippen molar-refractivity contribution in [3.8, 4) is 11.4 Å². The van der Waals surface area contributed by atoms with E-state index in [0.29, 0.717) is 4.77 Å². The molecule has 3 N–H and O–H groups in total. The van der Waals surface area contributed by atoms with Crippen molar-refractivity contribution >= 4 is 17.9 Å². The fourth-order valence-corrected chi connectivity index (χ4v) is 2.49. The van der Waals surface area contributed by atoms with Gasteiger partial charge in [0.05, 0.1) is 0 Å². The lowest BCUT2D eigenvalue weighted by Gasteiger charge is -2.07. The molecule has 1 heterocycles. The van der Waals surface area contributed by atoms with Crippen molar-refractivity contribution in [1.82, 2.24) is 14.8 Å². The van der Waals surface area contributed by atoms with E-state index in [-0.39, 0.29) is 0 Å². The first-order valence-corrected chi connectivity index (χ1v) is 7.20. The van der Waals surface area contributed by atoms with E-state index in [1.807, 2.05) is 47.0 Å². The van der Waals surface area contributed by atoms with Crippen molar-refractivity contribution in [2.45, 2.75) is 13.0 Å². The van der Waals surface area contributed by atoms with Crippen LogP contribution in [0.25, 0.3) is 11.4 Å². The molecule has 0 aliphatic rings. The molecule has 0 unspecified atom stereocenters. The highest BCUT2D eigenvalue weighted by atomic mass is 32.1. The van der Waals surface area contributed by atoms with Gasteiger partial charge in [-0.05, 0) is 48.5 Å². The Bertz CT molecular complexity index is 772. The summed E-state index contributed by atoms with van der Waals surface area (Å²) in [5.41, 5.74) is 8.75. The Balaban J connectivity index is 1.87. The molecular formula is C16H16N4S. The zero-order valence-corrected chi connectivity index (χ0v) is 12.3. The molecule has 0 fully saturated rings. The average Bonchev–Trinajstić information content (AvgIpc) is 2.88. The van der Waals surface area contributed by atoms with Crippen LogP contribution in [0.4, 0.5) is 5.69 Å². The molecule has 106 valence electrons. The molecule has 0 atom stereocenters. The highest BCUT2D eigenvalue weighted by Gasteiger charge is 2.08. The average molecular weight is 296 g/mol. The number of aryl methyl sites for hydroxylation is 1. The second-order valence-electron chi connectivity index (χ2n) is 4.86. The summed E-state index contributed by atoms with van der Waals surface area (Å²) in [6.45, 7) is 0.791. The first-order chi connectivity index (χ1) is 10.2. The van der Waals surface area contributed by atoms with E-state index in [1.54, 1.807) is 0 Å². The second kappa shape index (κ2) is 5.93. The van der Waals surface area contributed by atoms with Gasteiger partial charge in [-0.25, -0.2) is 0 Å². The number of nitrogens with zero attached hydrogens (tertiary/aromatic N) is 2. The number of benzene rings is 2. The number of nitrogens with two attached hydrogens (primary N) is 1. The Morgan fingerprint density at radius 1 is 1.05 bits per heavy atom. The SMILES string of the molecule is Nc1ccc(-c2n[nH]c(=S)n2CCc2ccccc2)cc1. The molecule has 5 heteroatoms. The molecule has 0 saturated heterocycles. The predicted molar refractivity (Wildman–Crippen MR) is 87.4 cm³/mol. The van der Waals surface area contributed by atoms with Gasteiger partial charge in [0.25, 0.3) is 0 Å². The van der Waals surface area contributed by atoms with Crippen LogP contribution in [0.1, 0.15) is 5.56 Å². The van der Waals surface area contributed by atoms with Gasteiger partial charge in [0, 0.05) is 17.8 Å². The smallest absolute Gasteiger partial charge is 0.195 e. The lowest BCUT2D eigenvalue weighted by atomic mass is 10.1. The van der Waals surface area contributed by atoms with Crippen LogP contribution in [0.5, 0.6) is 0 Å². The normalized spacial score (nSPS) is 10.7. The van der Waals surface area contributed by atoms with Crippen molar-refractivity contribution in [1.29, 1.82) is 0 Å². The molecule has 0 aliphatic carbocycles. The van der Waals surface area contributed by atoms with Gasteiger partial charge in [0.2, 0.25) is 0 Å². The van der Waals surface area contributed by atoms with Crippen molar-refractivity contribution in [3.05, 3.63) is 64.9 Å². The number of hydrogen-bond acceptors (Lipinski definition) is 3. The quantitative estimate of drug-likeness (QED) is 0.573. The van der Waals surface area contributed by atoms with Crippen LogP contribution < -0.4 is 5.73 Å². The van der Waals surface area contributed by atoms with Gasteiger partial charge in [0.1, 0.15) is 0 Å². The minimum atomic E-state index is 0.637. The summed E-state index contributed by atoms with van der Waals surface area (Å²) in [5, 5.41) is 7.20.